The van der Waals surface area contributed by atoms with E-state index < -0.39 is 5.60 Å². The molecule has 0 aliphatic heterocycles. The monoisotopic (exact) mass is 243 g/mol. The minimum atomic E-state index is -0.771. The third-order valence-electron chi connectivity index (χ3n) is 4.91. The summed E-state index contributed by atoms with van der Waals surface area (Å²) in [6.45, 7) is 7.57. The highest BCUT2D eigenvalue weighted by molar-refractivity contribution is 5.02. The minimum absolute atomic E-state index is 0.159. The van der Waals surface area contributed by atoms with Gasteiger partial charge in [0.1, 0.15) is 0 Å². The number of methoxy groups -OCH3 is 1. The Kier molecular flexibility index (Phi) is 4.61. The molecule has 1 fully saturated rings. The first-order valence-electron chi connectivity index (χ1n) is 6.76. The quantitative estimate of drug-likeness (QED) is 0.779. The van der Waals surface area contributed by atoms with Crippen molar-refractivity contribution < 1.29 is 9.84 Å². The summed E-state index contributed by atoms with van der Waals surface area (Å²) in [6.07, 6.45) is 4.99. The molecule has 3 heteroatoms. The van der Waals surface area contributed by atoms with Crippen LogP contribution in [0.3, 0.4) is 0 Å². The van der Waals surface area contributed by atoms with Crippen molar-refractivity contribution in [2.75, 3.05) is 20.3 Å². The van der Waals surface area contributed by atoms with Gasteiger partial charge in [0.05, 0.1) is 12.2 Å². The van der Waals surface area contributed by atoms with Gasteiger partial charge in [-0.05, 0) is 37.5 Å². The van der Waals surface area contributed by atoms with Crippen LogP contribution in [0.4, 0.5) is 0 Å². The summed E-state index contributed by atoms with van der Waals surface area (Å²) in [5.74, 6) is 0. The van der Waals surface area contributed by atoms with Gasteiger partial charge in [-0.2, -0.15) is 0 Å². The Morgan fingerprint density at radius 2 is 1.76 bits per heavy atom. The van der Waals surface area contributed by atoms with Crippen molar-refractivity contribution in [3.05, 3.63) is 0 Å². The highest BCUT2D eigenvalue weighted by atomic mass is 16.5. The molecular weight excluding hydrogens is 214 g/mol. The Hall–Kier alpha value is -0.120. The van der Waals surface area contributed by atoms with Gasteiger partial charge in [0.2, 0.25) is 0 Å². The molecule has 1 aliphatic carbocycles. The van der Waals surface area contributed by atoms with E-state index in [1.165, 1.54) is 0 Å². The first-order chi connectivity index (χ1) is 7.85. The maximum absolute atomic E-state index is 10.9. The fourth-order valence-corrected chi connectivity index (χ4v) is 3.13. The molecule has 0 aromatic carbocycles. The summed E-state index contributed by atoms with van der Waals surface area (Å²) in [7, 11) is 1.65. The molecule has 0 spiro atoms. The lowest BCUT2D eigenvalue weighted by Gasteiger charge is -2.51. The van der Waals surface area contributed by atoms with E-state index in [0.29, 0.717) is 25.0 Å². The SMILES string of the molecule is CCC(O)(COC)C1(CN)CCC(C)(C)CC1. The van der Waals surface area contributed by atoms with Crippen LogP contribution in [-0.2, 0) is 4.74 Å². The van der Waals surface area contributed by atoms with E-state index in [9.17, 15) is 5.11 Å². The normalized spacial score (nSPS) is 26.5. The highest BCUT2D eigenvalue weighted by Gasteiger charge is 2.50. The van der Waals surface area contributed by atoms with Crippen LogP contribution >= 0.6 is 0 Å². The van der Waals surface area contributed by atoms with Gasteiger partial charge in [-0.25, -0.2) is 0 Å². The average molecular weight is 243 g/mol. The second-order valence-corrected chi connectivity index (χ2v) is 6.47. The molecule has 3 N–H and O–H groups in total. The van der Waals surface area contributed by atoms with Crippen LogP contribution in [0, 0.1) is 10.8 Å². The van der Waals surface area contributed by atoms with E-state index in [0.717, 1.165) is 25.7 Å². The predicted molar refractivity (Wildman–Crippen MR) is 70.9 cm³/mol. The number of aliphatic hydroxyl groups is 1. The highest BCUT2D eigenvalue weighted by Crippen LogP contribution is 2.51. The minimum Gasteiger partial charge on any atom is -0.387 e. The van der Waals surface area contributed by atoms with Gasteiger partial charge in [0.15, 0.2) is 0 Å². The Balaban J connectivity index is 2.89. The van der Waals surface area contributed by atoms with Crippen LogP contribution in [0.5, 0.6) is 0 Å². The van der Waals surface area contributed by atoms with Gasteiger partial charge in [-0.1, -0.05) is 20.8 Å². The van der Waals surface area contributed by atoms with Crippen LogP contribution in [-0.4, -0.2) is 31.0 Å². The van der Waals surface area contributed by atoms with Crippen LogP contribution in [0.25, 0.3) is 0 Å². The van der Waals surface area contributed by atoms with E-state index in [4.69, 9.17) is 10.5 Å². The Morgan fingerprint density at radius 3 is 2.12 bits per heavy atom. The third kappa shape index (κ3) is 2.83. The summed E-state index contributed by atoms with van der Waals surface area (Å²) in [6, 6.07) is 0. The van der Waals surface area contributed by atoms with Crippen LogP contribution < -0.4 is 5.73 Å². The van der Waals surface area contributed by atoms with Gasteiger partial charge < -0.3 is 15.6 Å². The molecule has 102 valence electrons. The smallest absolute Gasteiger partial charge is 0.0945 e. The standard InChI is InChI=1S/C14H29NO2/c1-5-14(16,11-17-4)13(10-15)8-6-12(2,3)7-9-13/h16H,5-11,15H2,1-4H3. The fourth-order valence-electron chi connectivity index (χ4n) is 3.13. The number of hydrogen-bond donors (Lipinski definition) is 2. The number of hydrogen-bond acceptors (Lipinski definition) is 3. The Morgan fingerprint density at radius 1 is 1.24 bits per heavy atom. The Bertz CT molecular complexity index is 243. The molecule has 0 amide bonds. The Labute approximate surface area is 106 Å². The molecule has 1 saturated carbocycles. The molecule has 0 heterocycles. The number of nitrogens with two attached hydrogens (primary N) is 1. The van der Waals surface area contributed by atoms with Crippen molar-refractivity contribution in [3.63, 3.8) is 0 Å². The third-order valence-corrected chi connectivity index (χ3v) is 4.91. The average Bonchev–Trinajstić information content (AvgIpc) is 2.30. The van der Waals surface area contributed by atoms with Crippen molar-refractivity contribution in [1.29, 1.82) is 0 Å². The lowest BCUT2D eigenvalue weighted by Crippen LogP contribution is -2.57. The molecule has 1 atom stereocenters. The van der Waals surface area contributed by atoms with E-state index >= 15 is 0 Å². The summed E-state index contributed by atoms with van der Waals surface area (Å²) in [4.78, 5) is 0. The second kappa shape index (κ2) is 5.25. The predicted octanol–water partition coefficient (Wildman–Crippen LogP) is 2.32. The van der Waals surface area contributed by atoms with Gasteiger partial charge in [-0.3, -0.25) is 0 Å². The molecule has 3 nitrogen and oxygen atoms in total. The van der Waals surface area contributed by atoms with Crippen LogP contribution in [0.2, 0.25) is 0 Å². The zero-order valence-electron chi connectivity index (χ0n) is 11.9. The van der Waals surface area contributed by atoms with Crippen LogP contribution in [0.15, 0.2) is 0 Å². The molecule has 0 aromatic rings. The zero-order valence-corrected chi connectivity index (χ0v) is 11.9. The van der Waals surface area contributed by atoms with E-state index in [1.807, 2.05) is 6.92 Å². The van der Waals surface area contributed by atoms with E-state index in [-0.39, 0.29) is 5.41 Å². The van der Waals surface area contributed by atoms with Gasteiger partial charge in [0.25, 0.3) is 0 Å². The molecular formula is C14H29NO2. The zero-order chi connectivity index (χ0) is 13.2. The first kappa shape index (κ1) is 14.9. The van der Waals surface area contributed by atoms with Crippen molar-refractivity contribution in [3.8, 4) is 0 Å². The largest absolute Gasteiger partial charge is 0.387 e. The maximum atomic E-state index is 10.9. The molecule has 0 saturated heterocycles. The van der Waals surface area contributed by atoms with Gasteiger partial charge >= 0.3 is 0 Å². The molecule has 1 unspecified atom stereocenters. The van der Waals surface area contributed by atoms with Crippen molar-refractivity contribution in [2.45, 2.75) is 58.5 Å². The lowest BCUT2D eigenvalue weighted by atomic mass is 9.57. The first-order valence-corrected chi connectivity index (χ1v) is 6.76. The van der Waals surface area contributed by atoms with Gasteiger partial charge in [-0.15, -0.1) is 0 Å². The molecule has 0 aromatic heterocycles. The lowest BCUT2D eigenvalue weighted by molar-refractivity contribution is -0.146. The van der Waals surface area contributed by atoms with E-state index in [2.05, 4.69) is 13.8 Å². The molecule has 1 aliphatic rings. The molecule has 0 radical (unpaired) electrons. The second-order valence-electron chi connectivity index (χ2n) is 6.47. The summed E-state index contributed by atoms with van der Waals surface area (Å²) >= 11 is 0. The molecule has 17 heavy (non-hydrogen) atoms. The number of ether oxygens (including phenoxy) is 1. The summed E-state index contributed by atoms with van der Waals surface area (Å²) in [5, 5.41) is 10.9. The van der Waals surface area contributed by atoms with Crippen molar-refractivity contribution in [1.82, 2.24) is 0 Å². The summed E-state index contributed by atoms with van der Waals surface area (Å²) < 4.78 is 5.22. The maximum Gasteiger partial charge on any atom is 0.0945 e. The number of rotatable bonds is 5. The van der Waals surface area contributed by atoms with Crippen LogP contribution in [0.1, 0.15) is 52.9 Å². The fraction of sp³-hybridized carbons (Fsp3) is 1.00. The van der Waals surface area contributed by atoms with Gasteiger partial charge in [0, 0.05) is 19.1 Å². The van der Waals surface area contributed by atoms with E-state index in [1.54, 1.807) is 7.11 Å². The van der Waals surface area contributed by atoms with Crippen molar-refractivity contribution >= 4 is 0 Å². The van der Waals surface area contributed by atoms with Crippen molar-refractivity contribution in [2.24, 2.45) is 16.6 Å². The molecule has 1 rings (SSSR count). The topological polar surface area (TPSA) is 55.5 Å². The summed E-state index contributed by atoms with van der Waals surface area (Å²) in [5.41, 5.74) is 5.46. The molecule has 0 bridgehead atoms.